The molecule has 0 aromatic heterocycles. The maximum atomic E-state index is 2.50. The second kappa shape index (κ2) is 4.48. The molecule has 0 amide bonds. The summed E-state index contributed by atoms with van der Waals surface area (Å²) >= 11 is 0. The molecule has 0 bridgehead atoms. The van der Waals surface area contributed by atoms with E-state index in [9.17, 15) is 0 Å². The zero-order valence-corrected chi connectivity index (χ0v) is 9.90. The SMILES string of the molecule is CCCCCC1C(CC)C1(C)CC. The number of hydrogen-bond donors (Lipinski definition) is 0. The lowest BCUT2D eigenvalue weighted by Gasteiger charge is -2.06. The molecule has 1 aliphatic rings. The summed E-state index contributed by atoms with van der Waals surface area (Å²) in [6, 6.07) is 0. The maximum Gasteiger partial charge on any atom is -0.0266 e. The fourth-order valence-electron chi connectivity index (χ4n) is 3.18. The second-order valence-electron chi connectivity index (χ2n) is 4.98. The molecule has 1 aliphatic carbocycles. The van der Waals surface area contributed by atoms with Gasteiger partial charge in [0, 0.05) is 0 Å². The van der Waals surface area contributed by atoms with Crippen molar-refractivity contribution in [2.45, 2.75) is 66.2 Å². The summed E-state index contributed by atoms with van der Waals surface area (Å²) in [7, 11) is 0. The monoisotopic (exact) mass is 182 g/mol. The van der Waals surface area contributed by atoms with Crippen molar-refractivity contribution in [1.82, 2.24) is 0 Å². The van der Waals surface area contributed by atoms with Crippen molar-refractivity contribution in [3.05, 3.63) is 0 Å². The Labute approximate surface area is 84.1 Å². The highest BCUT2D eigenvalue weighted by atomic mass is 14.6. The summed E-state index contributed by atoms with van der Waals surface area (Å²) in [5.74, 6) is 2.11. The van der Waals surface area contributed by atoms with Gasteiger partial charge in [-0.1, -0.05) is 59.8 Å². The average Bonchev–Trinajstić information content (AvgIpc) is 2.72. The van der Waals surface area contributed by atoms with Crippen LogP contribution in [0.25, 0.3) is 0 Å². The van der Waals surface area contributed by atoms with Crippen LogP contribution in [0.1, 0.15) is 66.2 Å². The molecule has 0 aliphatic heterocycles. The van der Waals surface area contributed by atoms with Crippen LogP contribution in [-0.2, 0) is 0 Å². The summed E-state index contributed by atoms with van der Waals surface area (Å²) in [5.41, 5.74) is 0.725. The Morgan fingerprint density at radius 2 is 1.69 bits per heavy atom. The Balaban J connectivity index is 2.27. The van der Waals surface area contributed by atoms with Crippen molar-refractivity contribution in [1.29, 1.82) is 0 Å². The van der Waals surface area contributed by atoms with E-state index in [0.29, 0.717) is 0 Å². The van der Waals surface area contributed by atoms with Crippen LogP contribution in [0, 0.1) is 17.3 Å². The lowest BCUT2D eigenvalue weighted by atomic mass is 9.99. The standard InChI is InChI=1S/C13H26/c1-5-8-9-10-12-11(6-2)13(12,4)7-3/h11-12H,5-10H2,1-4H3. The molecule has 0 heteroatoms. The van der Waals surface area contributed by atoms with Crippen LogP contribution >= 0.6 is 0 Å². The first-order chi connectivity index (χ1) is 6.20. The van der Waals surface area contributed by atoms with E-state index >= 15 is 0 Å². The van der Waals surface area contributed by atoms with E-state index in [2.05, 4.69) is 27.7 Å². The van der Waals surface area contributed by atoms with Gasteiger partial charge in [-0.05, 0) is 23.7 Å². The molecule has 0 heterocycles. The Hall–Kier alpha value is 0. The molecule has 1 fully saturated rings. The first-order valence-electron chi connectivity index (χ1n) is 6.20. The van der Waals surface area contributed by atoms with Crippen LogP contribution in [0.3, 0.4) is 0 Å². The van der Waals surface area contributed by atoms with Crippen LogP contribution in [0.5, 0.6) is 0 Å². The molecule has 0 spiro atoms. The predicted octanol–water partition coefficient (Wildman–Crippen LogP) is 4.64. The van der Waals surface area contributed by atoms with Gasteiger partial charge in [0.05, 0.1) is 0 Å². The van der Waals surface area contributed by atoms with Gasteiger partial charge in [-0.2, -0.15) is 0 Å². The van der Waals surface area contributed by atoms with E-state index in [1.54, 1.807) is 0 Å². The van der Waals surface area contributed by atoms with Gasteiger partial charge in [-0.3, -0.25) is 0 Å². The maximum absolute atomic E-state index is 2.50. The molecular weight excluding hydrogens is 156 g/mol. The molecule has 1 rings (SSSR count). The first kappa shape index (κ1) is 11.1. The molecule has 0 saturated heterocycles. The molecule has 1 saturated carbocycles. The van der Waals surface area contributed by atoms with E-state index < -0.39 is 0 Å². The predicted molar refractivity (Wildman–Crippen MR) is 59.8 cm³/mol. The van der Waals surface area contributed by atoms with E-state index in [-0.39, 0.29) is 0 Å². The summed E-state index contributed by atoms with van der Waals surface area (Å²) in [6.07, 6.45) is 8.56. The third kappa shape index (κ3) is 2.08. The summed E-state index contributed by atoms with van der Waals surface area (Å²) in [4.78, 5) is 0. The van der Waals surface area contributed by atoms with E-state index in [4.69, 9.17) is 0 Å². The normalized spacial score (nSPS) is 37.8. The minimum Gasteiger partial charge on any atom is -0.0654 e. The van der Waals surface area contributed by atoms with Crippen LogP contribution in [0.15, 0.2) is 0 Å². The van der Waals surface area contributed by atoms with Gasteiger partial charge in [-0.15, -0.1) is 0 Å². The summed E-state index contributed by atoms with van der Waals surface area (Å²) in [6.45, 7) is 9.52. The summed E-state index contributed by atoms with van der Waals surface area (Å²) in [5, 5.41) is 0. The van der Waals surface area contributed by atoms with Crippen molar-refractivity contribution in [3.8, 4) is 0 Å². The van der Waals surface area contributed by atoms with Crippen LogP contribution in [0.4, 0.5) is 0 Å². The van der Waals surface area contributed by atoms with Crippen molar-refractivity contribution in [2.24, 2.45) is 17.3 Å². The zero-order chi connectivity index (χ0) is 9.90. The zero-order valence-electron chi connectivity index (χ0n) is 9.90. The molecule has 13 heavy (non-hydrogen) atoms. The van der Waals surface area contributed by atoms with Crippen LogP contribution in [-0.4, -0.2) is 0 Å². The first-order valence-corrected chi connectivity index (χ1v) is 6.20. The van der Waals surface area contributed by atoms with Crippen molar-refractivity contribution in [2.75, 3.05) is 0 Å². The number of hydrogen-bond acceptors (Lipinski definition) is 0. The van der Waals surface area contributed by atoms with Crippen LogP contribution in [0.2, 0.25) is 0 Å². The highest BCUT2D eigenvalue weighted by Crippen LogP contribution is 2.64. The Kier molecular flexibility index (Phi) is 3.82. The molecule has 3 atom stereocenters. The third-order valence-corrected chi connectivity index (χ3v) is 4.39. The smallest absolute Gasteiger partial charge is 0.0266 e. The summed E-state index contributed by atoms with van der Waals surface area (Å²) < 4.78 is 0. The van der Waals surface area contributed by atoms with Gasteiger partial charge >= 0.3 is 0 Å². The topological polar surface area (TPSA) is 0 Å². The minimum atomic E-state index is 0.725. The van der Waals surface area contributed by atoms with E-state index in [1.807, 2.05) is 0 Å². The molecule has 0 N–H and O–H groups in total. The Bertz CT molecular complexity index is 150. The van der Waals surface area contributed by atoms with Gasteiger partial charge in [0.25, 0.3) is 0 Å². The average molecular weight is 182 g/mol. The highest BCUT2D eigenvalue weighted by Gasteiger charge is 2.57. The third-order valence-electron chi connectivity index (χ3n) is 4.39. The lowest BCUT2D eigenvalue weighted by Crippen LogP contribution is -1.96. The molecule has 78 valence electrons. The highest BCUT2D eigenvalue weighted by molar-refractivity contribution is 5.05. The number of unbranched alkanes of at least 4 members (excludes halogenated alkanes) is 2. The lowest BCUT2D eigenvalue weighted by molar-refractivity contribution is 0.441. The van der Waals surface area contributed by atoms with Crippen molar-refractivity contribution < 1.29 is 0 Å². The van der Waals surface area contributed by atoms with Gasteiger partial charge in [-0.25, -0.2) is 0 Å². The van der Waals surface area contributed by atoms with E-state index in [1.165, 1.54) is 38.5 Å². The number of rotatable bonds is 6. The largest absolute Gasteiger partial charge is 0.0654 e. The van der Waals surface area contributed by atoms with Gasteiger partial charge in [0.15, 0.2) is 0 Å². The Morgan fingerprint density at radius 3 is 2.08 bits per heavy atom. The van der Waals surface area contributed by atoms with Crippen molar-refractivity contribution in [3.63, 3.8) is 0 Å². The fourth-order valence-corrected chi connectivity index (χ4v) is 3.18. The second-order valence-corrected chi connectivity index (χ2v) is 4.98. The molecule has 0 nitrogen and oxygen atoms in total. The molecule has 0 radical (unpaired) electrons. The molecule has 0 aromatic rings. The Morgan fingerprint density at radius 1 is 1.00 bits per heavy atom. The molecular formula is C13H26. The van der Waals surface area contributed by atoms with Crippen molar-refractivity contribution >= 4 is 0 Å². The fraction of sp³-hybridized carbons (Fsp3) is 1.00. The molecule has 0 aromatic carbocycles. The minimum absolute atomic E-state index is 0.725. The quantitative estimate of drug-likeness (QED) is 0.525. The van der Waals surface area contributed by atoms with E-state index in [0.717, 1.165) is 17.3 Å². The van der Waals surface area contributed by atoms with Gasteiger partial charge in [0.1, 0.15) is 0 Å². The van der Waals surface area contributed by atoms with Crippen LogP contribution < -0.4 is 0 Å². The molecule has 3 unspecified atom stereocenters. The van der Waals surface area contributed by atoms with Gasteiger partial charge < -0.3 is 0 Å². The van der Waals surface area contributed by atoms with Gasteiger partial charge in [0.2, 0.25) is 0 Å².